The van der Waals surface area contributed by atoms with E-state index in [1.165, 1.54) is 19.3 Å². The maximum Gasteiger partial charge on any atom is 0.0623 e. The van der Waals surface area contributed by atoms with Crippen LogP contribution in [0.5, 0.6) is 0 Å². The predicted molar refractivity (Wildman–Crippen MR) is 62.7 cm³/mol. The Balaban J connectivity index is 3.30. The van der Waals surface area contributed by atoms with E-state index in [-0.39, 0.29) is 5.60 Å². The summed E-state index contributed by atoms with van der Waals surface area (Å²) in [6, 6.07) is 0.634. The van der Waals surface area contributed by atoms with E-state index in [4.69, 9.17) is 4.74 Å². The molecule has 0 rings (SSSR count). The Morgan fingerprint density at radius 1 is 1.29 bits per heavy atom. The minimum Gasteiger partial charge on any atom is -0.376 e. The number of hydrogen-bond donors (Lipinski definition) is 1. The molecular weight excluding hydrogens is 174 g/mol. The molecule has 14 heavy (non-hydrogen) atoms. The zero-order valence-corrected chi connectivity index (χ0v) is 10.5. The first-order valence-corrected chi connectivity index (χ1v) is 5.83. The van der Waals surface area contributed by atoms with Crippen molar-refractivity contribution in [2.75, 3.05) is 13.7 Å². The second-order valence-electron chi connectivity index (χ2n) is 4.65. The smallest absolute Gasteiger partial charge is 0.0623 e. The first-order chi connectivity index (χ1) is 6.52. The standard InChI is InChI=1S/C12H27NO/c1-6-12(3,4)14-10-8-7-9-11(2)13-5/h11,13H,6-10H2,1-5H3. The molecule has 0 fully saturated rings. The lowest BCUT2D eigenvalue weighted by atomic mass is 10.1. The lowest BCUT2D eigenvalue weighted by molar-refractivity contribution is -0.0217. The van der Waals surface area contributed by atoms with E-state index in [0.717, 1.165) is 13.0 Å². The molecule has 1 atom stereocenters. The molecule has 2 heteroatoms. The van der Waals surface area contributed by atoms with Gasteiger partial charge in [0.2, 0.25) is 0 Å². The highest BCUT2D eigenvalue weighted by atomic mass is 16.5. The SMILES string of the molecule is CCC(C)(C)OCCCCC(C)NC. The van der Waals surface area contributed by atoms with Crippen molar-refractivity contribution in [2.24, 2.45) is 0 Å². The Bertz CT molecular complexity index is 134. The van der Waals surface area contributed by atoms with Crippen molar-refractivity contribution in [3.05, 3.63) is 0 Å². The minimum atomic E-state index is 0.0641. The van der Waals surface area contributed by atoms with Gasteiger partial charge in [0, 0.05) is 12.6 Å². The van der Waals surface area contributed by atoms with Gasteiger partial charge in [-0.1, -0.05) is 6.92 Å². The lowest BCUT2D eigenvalue weighted by Gasteiger charge is -2.23. The number of hydrogen-bond acceptors (Lipinski definition) is 2. The molecule has 0 amide bonds. The van der Waals surface area contributed by atoms with E-state index in [9.17, 15) is 0 Å². The molecule has 0 aliphatic carbocycles. The predicted octanol–water partition coefficient (Wildman–Crippen LogP) is 2.97. The summed E-state index contributed by atoms with van der Waals surface area (Å²) in [6.45, 7) is 9.60. The average molecular weight is 201 g/mol. The van der Waals surface area contributed by atoms with Gasteiger partial charge in [-0.25, -0.2) is 0 Å². The van der Waals surface area contributed by atoms with Crippen LogP contribution in [-0.4, -0.2) is 25.3 Å². The Morgan fingerprint density at radius 3 is 2.43 bits per heavy atom. The van der Waals surface area contributed by atoms with E-state index in [0.29, 0.717) is 6.04 Å². The Kier molecular flexibility index (Phi) is 7.20. The van der Waals surface area contributed by atoms with Crippen LogP contribution in [0.3, 0.4) is 0 Å². The Hall–Kier alpha value is -0.0800. The maximum atomic E-state index is 5.77. The van der Waals surface area contributed by atoms with Gasteiger partial charge in [0.25, 0.3) is 0 Å². The van der Waals surface area contributed by atoms with Crippen LogP contribution in [0.1, 0.15) is 53.4 Å². The quantitative estimate of drug-likeness (QED) is 0.610. The summed E-state index contributed by atoms with van der Waals surface area (Å²) in [7, 11) is 2.02. The van der Waals surface area contributed by atoms with Gasteiger partial charge in [-0.3, -0.25) is 0 Å². The van der Waals surface area contributed by atoms with Crippen molar-refractivity contribution in [1.29, 1.82) is 0 Å². The summed E-state index contributed by atoms with van der Waals surface area (Å²) >= 11 is 0. The van der Waals surface area contributed by atoms with E-state index in [1.807, 2.05) is 7.05 Å². The topological polar surface area (TPSA) is 21.3 Å². The first kappa shape index (κ1) is 13.9. The molecule has 0 heterocycles. The van der Waals surface area contributed by atoms with Gasteiger partial charge < -0.3 is 10.1 Å². The van der Waals surface area contributed by atoms with Crippen molar-refractivity contribution in [3.63, 3.8) is 0 Å². The van der Waals surface area contributed by atoms with Crippen molar-refractivity contribution >= 4 is 0 Å². The zero-order valence-electron chi connectivity index (χ0n) is 10.5. The maximum absolute atomic E-state index is 5.77. The summed E-state index contributed by atoms with van der Waals surface area (Å²) in [5.41, 5.74) is 0.0641. The number of unbranched alkanes of at least 4 members (excludes halogenated alkanes) is 1. The van der Waals surface area contributed by atoms with Gasteiger partial charge in [0.05, 0.1) is 5.60 Å². The second kappa shape index (κ2) is 7.24. The molecule has 0 saturated heterocycles. The van der Waals surface area contributed by atoms with Gasteiger partial charge in [-0.2, -0.15) is 0 Å². The van der Waals surface area contributed by atoms with Gasteiger partial charge in [0.1, 0.15) is 0 Å². The van der Waals surface area contributed by atoms with Crippen molar-refractivity contribution < 1.29 is 4.74 Å². The van der Waals surface area contributed by atoms with Crippen molar-refractivity contribution in [1.82, 2.24) is 5.32 Å². The van der Waals surface area contributed by atoms with Gasteiger partial charge in [0.15, 0.2) is 0 Å². The van der Waals surface area contributed by atoms with Crippen LogP contribution >= 0.6 is 0 Å². The lowest BCUT2D eigenvalue weighted by Crippen LogP contribution is -2.24. The highest BCUT2D eigenvalue weighted by molar-refractivity contribution is 4.65. The third kappa shape index (κ3) is 7.34. The van der Waals surface area contributed by atoms with E-state index in [1.54, 1.807) is 0 Å². The van der Waals surface area contributed by atoms with Crippen molar-refractivity contribution in [3.8, 4) is 0 Å². The number of rotatable bonds is 8. The molecule has 0 spiro atoms. The molecule has 0 aliphatic rings. The molecular formula is C12H27NO. The summed E-state index contributed by atoms with van der Waals surface area (Å²) in [4.78, 5) is 0. The molecule has 2 nitrogen and oxygen atoms in total. The van der Waals surface area contributed by atoms with E-state index in [2.05, 4.69) is 33.0 Å². The van der Waals surface area contributed by atoms with Crippen LogP contribution in [0.2, 0.25) is 0 Å². The Labute approximate surface area is 89.4 Å². The van der Waals surface area contributed by atoms with Crippen LogP contribution < -0.4 is 5.32 Å². The highest BCUT2D eigenvalue weighted by Gasteiger charge is 2.14. The highest BCUT2D eigenvalue weighted by Crippen LogP contribution is 2.14. The fraction of sp³-hybridized carbons (Fsp3) is 1.00. The third-order valence-corrected chi connectivity index (χ3v) is 2.87. The first-order valence-electron chi connectivity index (χ1n) is 5.83. The number of nitrogens with one attached hydrogen (secondary N) is 1. The van der Waals surface area contributed by atoms with E-state index < -0.39 is 0 Å². The largest absolute Gasteiger partial charge is 0.376 e. The molecule has 1 N–H and O–H groups in total. The van der Waals surface area contributed by atoms with Crippen molar-refractivity contribution in [2.45, 2.75) is 65.0 Å². The molecule has 0 aromatic heterocycles. The van der Waals surface area contributed by atoms with Crippen LogP contribution in [0.25, 0.3) is 0 Å². The molecule has 1 unspecified atom stereocenters. The van der Waals surface area contributed by atoms with Gasteiger partial charge >= 0.3 is 0 Å². The molecule has 0 aliphatic heterocycles. The van der Waals surface area contributed by atoms with Gasteiger partial charge in [-0.15, -0.1) is 0 Å². The normalized spacial score (nSPS) is 14.4. The fourth-order valence-electron chi connectivity index (χ4n) is 1.15. The number of ether oxygens (including phenoxy) is 1. The molecule has 0 bridgehead atoms. The molecule has 0 aromatic rings. The van der Waals surface area contributed by atoms with Crippen LogP contribution in [0, 0.1) is 0 Å². The van der Waals surface area contributed by atoms with Crippen LogP contribution in [-0.2, 0) is 4.74 Å². The summed E-state index contributed by atoms with van der Waals surface area (Å²) in [5, 5.41) is 3.24. The molecule has 86 valence electrons. The summed E-state index contributed by atoms with van der Waals surface area (Å²) in [6.07, 6.45) is 4.75. The van der Waals surface area contributed by atoms with Crippen LogP contribution in [0.15, 0.2) is 0 Å². The summed E-state index contributed by atoms with van der Waals surface area (Å²) in [5.74, 6) is 0. The third-order valence-electron chi connectivity index (χ3n) is 2.87. The summed E-state index contributed by atoms with van der Waals surface area (Å²) < 4.78 is 5.77. The monoisotopic (exact) mass is 201 g/mol. The minimum absolute atomic E-state index is 0.0641. The van der Waals surface area contributed by atoms with Gasteiger partial charge in [-0.05, 0) is 53.5 Å². The molecule has 0 saturated carbocycles. The average Bonchev–Trinajstić information content (AvgIpc) is 2.17. The zero-order chi connectivity index (χ0) is 11.0. The Morgan fingerprint density at radius 2 is 1.93 bits per heavy atom. The van der Waals surface area contributed by atoms with E-state index >= 15 is 0 Å². The second-order valence-corrected chi connectivity index (χ2v) is 4.65. The van der Waals surface area contributed by atoms with Crippen LogP contribution in [0.4, 0.5) is 0 Å². The molecule has 0 radical (unpaired) electrons. The fourth-order valence-corrected chi connectivity index (χ4v) is 1.15. The molecule has 0 aromatic carbocycles.